The molecule has 0 aliphatic heterocycles. The van der Waals surface area contributed by atoms with E-state index in [0.717, 1.165) is 5.69 Å². The van der Waals surface area contributed by atoms with Gasteiger partial charge in [0.25, 0.3) is 0 Å². The van der Waals surface area contributed by atoms with Gasteiger partial charge in [-0.05, 0) is 30.9 Å². The van der Waals surface area contributed by atoms with Gasteiger partial charge >= 0.3 is 0 Å². The number of hydrogen-bond acceptors (Lipinski definition) is 3. The van der Waals surface area contributed by atoms with Crippen LogP contribution < -0.4 is 5.73 Å². The number of pyridine rings is 1. The number of hydrogen-bond donors (Lipinski definition) is 1. The summed E-state index contributed by atoms with van der Waals surface area (Å²) in [6.07, 6.45) is 7.13. The van der Waals surface area contributed by atoms with E-state index in [2.05, 4.69) is 36.7 Å². The lowest BCUT2D eigenvalue weighted by Gasteiger charge is -2.10. The van der Waals surface area contributed by atoms with Gasteiger partial charge in [-0.2, -0.15) is 5.26 Å². The van der Waals surface area contributed by atoms with Crippen LogP contribution in [0.1, 0.15) is 50.3 Å². The summed E-state index contributed by atoms with van der Waals surface area (Å²) in [6, 6.07) is 4.29. The molecule has 0 bridgehead atoms. The lowest BCUT2D eigenvalue weighted by molar-refractivity contribution is 0.622. The Kier molecular flexibility index (Phi) is 7.87. The van der Waals surface area contributed by atoms with Crippen molar-refractivity contribution in [2.45, 2.75) is 46.0 Å². The molecule has 0 aliphatic carbocycles. The first-order chi connectivity index (χ1) is 7.65. The summed E-state index contributed by atoms with van der Waals surface area (Å²) < 4.78 is 0. The second-order valence-electron chi connectivity index (χ2n) is 3.91. The predicted molar refractivity (Wildman–Crippen MR) is 66.7 cm³/mol. The fourth-order valence-electron chi connectivity index (χ4n) is 1.45. The molecule has 1 aromatic heterocycles. The summed E-state index contributed by atoms with van der Waals surface area (Å²) in [4.78, 5) is 4.31. The van der Waals surface area contributed by atoms with Gasteiger partial charge in [-0.15, -0.1) is 0 Å². The Morgan fingerprint density at radius 3 is 2.56 bits per heavy atom. The van der Waals surface area contributed by atoms with Crippen molar-refractivity contribution >= 4 is 0 Å². The van der Waals surface area contributed by atoms with Crippen molar-refractivity contribution in [2.75, 3.05) is 0 Å². The molecule has 0 saturated carbocycles. The quantitative estimate of drug-likeness (QED) is 0.625. The summed E-state index contributed by atoms with van der Waals surface area (Å²) in [5, 5.41) is 7.10. The molecule has 0 aromatic carbocycles. The smallest absolute Gasteiger partial charge is 0.173 e. The Bertz CT molecular complexity index is 311. The van der Waals surface area contributed by atoms with Gasteiger partial charge < -0.3 is 5.73 Å². The molecule has 88 valence electrons. The van der Waals surface area contributed by atoms with Gasteiger partial charge in [-0.3, -0.25) is 4.98 Å². The summed E-state index contributed by atoms with van der Waals surface area (Å²) in [5.74, 6) is 0.660. The Morgan fingerprint density at radius 2 is 2.12 bits per heavy atom. The van der Waals surface area contributed by atoms with E-state index in [1.165, 1.54) is 31.0 Å². The minimum Gasteiger partial charge on any atom is -0.337 e. The highest BCUT2D eigenvalue weighted by atomic mass is 14.7. The van der Waals surface area contributed by atoms with Crippen LogP contribution in [0.15, 0.2) is 18.3 Å². The number of nitrogens with zero attached hydrogens (tertiary/aromatic N) is 2. The van der Waals surface area contributed by atoms with E-state index in [0.29, 0.717) is 5.92 Å². The zero-order valence-electron chi connectivity index (χ0n) is 10.4. The molecule has 0 amide bonds. The molecule has 1 heterocycles. The molecule has 0 aliphatic rings. The minimum atomic E-state index is 0.660. The highest BCUT2D eigenvalue weighted by Crippen LogP contribution is 2.20. The first-order valence-electron chi connectivity index (χ1n) is 5.67. The zero-order chi connectivity index (χ0) is 12.4. The largest absolute Gasteiger partial charge is 0.337 e. The Hall–Kier alpha value is -1.56. The van der Waals surface area contributed by atoms with Crippen LogP contribution in [0.5, 0.6) is 0 Å². The topological polar surface area (TPSA) is 62.7 Å². The van der Waals surface area contributed by atoms with Crippen molar-refractivity contribution in [1.82, 2.24) is 4.98 Å². The molecule has 3 heteroatoms. The maximum absolute atomic E-state index is 7.10. The molecule has 16 heavy (non-hydrogen) atoms. The van der Waals surface area contributed by atoms with Crippen molar-refractivity contribution in [2.24, 2.45) is 5.73 Å². The summed E-state index contributed by atoms with van der Waals surface area (Å²) in [7, 11) is 0. The van der Waals surface area contributed by atoms with E-state index < -0.39 is 0 Å². The number of nitriles is 1. The second kappa shape index (κ2) is 8.72. The number of nitrogens with two attached hydrogens (primary N) is 1. The number of rotatable bonds is 4. The van der Waals surface area contributed by atoms with Crippen molar-refractivity contribution in [3.05, 3.63) is 29.6 Å². The number of aryl methyl sites for hydroxylation is 1. The standard InChI is InChI=1S/C12H19N.CH2N2/c1-4-5-6-10(2)12-8-7-11(3)13-9-12;2-1-3/h7-10H,4-6H2,1-3H3;2H2. The maximum Gasteiger partial charge on any atom is 0.173 e. The lowest BCUT2D eigenvalue weighted by Crippen LogP contribution is -1.94. The summed E-state index contributed by atoms with van der Waals surface area (Å²) in [5.41, 5.74) is 6.63. The summed E-state index contributed by atoms with van der Waals surface area (Å²) in [6.45, 7) is 6.54. The third kappa shape index (κ3) is 6.02. The molecule has 0 saturated heterocycles. The number of unbranched alkanes of at least 4 members (excludes halogenated alkanes) is 1. The molecular weight excluding hydrogens is 198 g/mol. The fraction of sp³-hybridized carbons (Fsp3) is 0.538. The van der Waals surface area contributed by atoms with Crippen molar-refractivity contribution < 1.29 is 0 Å². The second-order valence-corrected chi connectivity index (χ2v) is 3.91. The van der Waals surface area contributed by atoms with E-state index in [-0.39, 0.29) is 0 Å². The number of aromatic nitrogens is 1. The highest BCUT2D eigenvalue weighted by molar-refractivity contribution is 5.16. The van der Waals surface area contributed by atoms with Gasteiger partial charge in [0.1, 0.15) is 0 Å². The Balaban J connectivity index is 0.000000673. The van der Waals surface area contributed by atoms with Crippen molar-refractivity contribution in [1.29, 1.82) is 5.26 Å². The van der Waals surface area contributed by atoms with E-state index >= 15 is 0 Å². The SMILES string of the molecule is CCCCC(C)c1ccc(C)nc1.N#CN. The van der Waals surface area contributed by atoms with Gasteiger partial charge in [0.15, 0.2) is 6.19 Å². The first kappa shape index (κ1) is 14.4. The molecule has 1 aromatic rings. The minimum absolute atomic E-state index is 0.660. The third-order valence-corrected chi connectivity index (χ3v) is 2.49. The molecular formula is C13H21N3. The van der Waals surface area contributed by atoms with Crippen molar-refractivity contribution in [3.63, 3.8) is 0 Å². The molecule has 3 nitrogen and oxygen atoms in total. The highest BCUT2D eigenvalue weighted by Gasteiger charge is 2.04. The van der Waals surface area contributed by atoms with Crippen molar-refractivity contribution in [3.8, 4) is 6.19 Å². The van der Waals surface area contributed by atoms with Crippen LogP contribution in [-0.4, -0.2) is 4.98 Å². The zero-order valence-corrected chi connectivity index (χ0v) is 10.4. The molecule has 0 radical (unpaired) electrons. The van der Waals surface area contributed by atoms with E-state index in [1.807, 2.05) is 13.1 Å². The lowest BCUT2D eigenvalue weighted by atomic mass is 9.97. The predicted octanol–water partition coefficient (Wildman–Crippen LogP) is 3.11. The Morgan fingerprint density at radius 1 is 1.50 bits per heavy atom. The van der Waals surface area contributed by atoms with Gasteiger partial charge in [-0.25, -0.2) is 0 Å². The van der Waals surface area contributed by atoms with Crippen LogP contribution in [0.4, 0.5) is 0 Å². The van der Waals surface area contributed by atoms with Crippen LogP contribution in [0.3, 0.4) is 0 Å². The van der Waals surface area contributed by atoms with Crippen LogP contribution in [-0.2, 0) is 0 Å². The van der Waals surface area contributed by atoms with E-state index in [4.69, 9.17) is 5.26 Å². The van der Waals surface area contributed by atoms with Gasteiger partial charge in [-0.1, -0.05) is 32.8 Å². The molecule has 1 atom stereocenters. The van der Waals surface area contributed by atoms with Crippen LogP contribution in [0, 0.1) is 18.4 Å². The molecule has 2 N–H and O–H groups in total. The first-order valence-corrected chi connectivity index (χ1v) is 5.67. The average molecular weight is 219 g/mol. The average Bonchev–Trinajstić information content (AvgIpc) is 2.28. The van der Waals surface area contributed by atoms with E-state index in [9.17, 15) is 0 Å². The third-order valence-electron chi connectivity index (χ3n) is 2.49. The fourth-order valence-corrected chi connectivity index (χ4v) is 1.45. The molecule has 0 fully saturated rings. The molecule has 1 unspecified atom stereocenters. The van der Waals surface area contributed by atoms with Crippen LogP contribution in [0.2, 0.25) is 0 Å². The summed E-state index contributed by atoms with van der Waals surface area (Å²) >= 11 is 0. The molecule has 1 rings (SSSR count). The van der Waals surface area contributed by atoms with Crippen LogP contribution >= 0.6 is 0 Å². The molecule has 0 spiro atoms. The van der Waals surface area contributed by atoms with Crippen LogP contribution in [0.25, 0.3) is 0 Å². The maximum atomic E-state index is 7.10. The monoisotopic (exact) mass is 219 g/mol. The normalized spacial score (nSPS) is 10.9. The van der Waals surface area contributed by atoms with Gasteiger partial charge in [0.05, 0.1) is 0 Å². The van der Waals surface area contributed by atoms with Gasteiger partial charge in [0.2, 0.25) is 0 Å². The van der Waals surface area contributed by atoms with Gasteiger partial charge in [0, 0.05) is 11.9 Å². The Labute approximate surface area is 98.3 Å². The van der Waals surface area contributed by atoms with E-state index in [1.54, 1.807) is 0 Å².